The number of nitriles is 1. The number of aromatic nitrogens is 1. The van der Waals surface area contributed by atoms with Crippen molar-refractivity contribution in [3.63, 3.8) is 0 Å². The predicted molar refractivity (Wildman–Crippen MR) is 106 cm³/mol. The first-order chi connectivity index (χ1) is 12.5. The summed E-state index contributed by atoms with van der Waals surface area (Å²) in [7, 11) is 0. The van der Waals surface area contributed by atoms with Crippen molar-refractivity contribution in [1.82, 2.24) is 4.98 Å². The number of carbonyl (C=O) groups is 1. The lowest BCUT2D eigenvalue weighted by Crippen LogP contribution is -2.30. The minimum Gasteiger partial charge on any atom is -0.465 e. The molecule has 0 unspecified atom stereocenters. The lowest BCUT2D eigenvalue weighted by atomic mass is 10.0. The SMILES string of the molecule is CCOC(=O)C(C)(C)Sc1ccc2ncsc2c1-c1ccc(C#N)cc1. The molecule has 26 heavy (non-hydrogen) atoms. The zero-order valence-electron chi connectivity index (χ0n) is 14.8. The summed E-state index contributed by atoms with van der Waals surface area (Å²) in [4.78, 5) is 17.7. The highest BCUT2D eigenvalue weighted by molar-refractivity contribution is 8.01. The molecular weight excluding hydrogens is 364 g/mol. The Morgan fingerprint density at radius 3 is 2.65 bits per heavy atom. The van der Waals surface area contributed by atoms with Gasteiger partial charge in [0.1, 0.15) is 4.75 Å². The zero-order valence-corrected chi connectivity index (χ0v) is 16.4. The molecule has 0 saturated carbocycles. The van der Waals surface area contributed by atoms with Crippen molar-refractivity contribution in [2.45, 2.75) is 30.4 Å². The van der Waals surface area contributed by atoms with E-state index < -0.39 is 4.75 Å². The van der Waals surface area contributed by atoms with Gasteiger partial charge in [-0.1, -0.05) is 12.1 Å². The molecule has 0 N–H and O–H groups in total. The second-order valence-corrected chi connectivity index (χ2v) is 8.68. The van der Waals surface area contributed by atoms with Crippen molar-refractivity contribution in [2.24, 2.45) is 0 Å². The number of benzene rings is 2. The van der Waals surface area contributed by atoms with Gasteiger partial charge in [0.25, 0.3) is 0 Å². The van der Waals surface area contributed by atoms with Crippen molar-refractivity contribution >= 4 is 39.3 Å². The summed E-state index contributed by atoms with van der Waals surface area (Å²) in [5.41, 5.74) is 5.40. The molecule has 0 saturated heterocycles. The van der Waals surface area contributed by atoms with Crippen molar-refractivity contribution in [3.05, 3.63) is 47.5 Å². The number of fused-ring (bicyclic) bond motifs is 1. The van der Waals surface area contributed by atoms with Crippen LogP contribution in [-0.2, 0) is 9.53 Å². The molecule has 0 bridgehead atoms. The average molecular weight is 383 g/mol. The summed E-state index contributed by atoms with van der Waals surface area (Å²) in [6.07, 6.45) is 0. The Bertz CT molecular complexity index is 985. The first kappa shape index (κ1) is 18.4. The van der Waals surface area contributed by atoms with Crippen LogP contribution in [0.2, 0.25) is 0 Å². The second kappa shape index (κ2) is 7.48. The quantitative estimate of drug-likeness (QED) is 0.444. The van der Waals surface area contributed by atoms with Crippen LogP contribution in [0.4, 0.5) is 0 Å². The van der Waals surface area contributed by atoms with E-state index in [4.69, 9.17) is 10.00 Å². The van der Waals surface area contributed by atoms with Gasteiger partial charge < -0.3 is 4.74 Å². The average Bonchev–Trinajstić information content (AvgIpc) is 3.10. The molecule has 2 aromatic carbocycles. The Morgan fingerprint density at radius 1 is 1.27 bits per heavy atom. The van der Waals surface area contributed by atoms with Crippen molar-refractivity contribution < 1.29 is 9.53 Å². The Balaban J connectivity index is 2.11. The van der Waals surface area contributed by atoms with E-state index in [1.54, 1.807) is 23.5 Å². The maximum atomic E-state index is 12.3. The molecular formula is C20H18N2O2S2. The molecule has 4 nitrogen and oxygen atoms in total. The molecule has 0 aliphatic carbocycles. The van der Waals surface area contributed by atoms with Crippen molar-refractivity contribution in [2.75, 3.05) is 6.61 Å². The number of esters is 1. The minimum absolute atomic E-state index is 0.236. The number of thioether (sulfide) groups is 1. The molecule has 3 aromatic rings. The van der Waals surface area contributed by atoms with Gasteiger partial charge in [0.05, 0.1) is 34.0 Å². The smallest absolute Gasteiger partial charge is 0.321 e. The fraction of sp³-hybridized carbons (Fsp3) is 0.250. The molecule has 0 atom stereocenters. The molecule has 0 aliphatic rings. The Labute approximate surface area is 160 Å². The topological polar surface area (TPSA) is 63.0 Å². The van der Waals surface area contributed by atoms with Crippen LogP contribution >= 0.6 is 23.1 Å². The Kier molecular flexibility index (Phi) is 5.30. The largest absolute Gasteiger partial charge is 0.465 e. The third-order valence-corrected chi connectivity index (χ3v) is 5.99. The van der Waals surface area contributed by atoms with Crippen LogP contribution in [-0.4, -0.2) is 22.3 Å². The standard InChI is InChI=1S/C20H18N2O2S2/c1-4-24-19(23)20(2,3)26-16-10-9-15-18(25-12-22-15)17(16)14-7-5-13(11-21)6-8-14/h5-10,12H,4H2,1-3H3. The summed E-state index contributed by atoms with van der Waals surface area (Å²) in [6, 6.07) is 13.6. The number of rotatable bonds is 5. The maximum Gasteiger partial charge on any atom is 0.321 e. The van der Waals surface area contributed by atoms with Gasteiger partial charge in [-0.05, 0) is 50.6 Å². The highest BCUT2D eigenvalue weighted by atomic mass is 32.2. The highest BCUT2D eigenvalue weighted by Crippen LogP contribution is 2.44. The summed E-state index contributed by atoms with van der Waals surface area (Å²) >= 11 is 3.05. The molecule has 1 aromatic heterocycles. The van der Waals surface area contributed by atoms with Crippen LogP contribution in [0.25, 0.3) is 21.3 Å². The maximum absolute atomic E-state index is 12.3. The van der Waals surface area contributed by atoms with E-state index >= 15 is 0 Å². The molecule has 1 heterocycles. The van der Waals surface area contributed by atoms with E-state index in [0.29, 0.717) is 12.2 Å². The second-order valence-electron chi connectivity index (χ2n) is 6.16. The molecule has 0 fully saturated rings. The van der Waals surface area contributed by atoms with E-state index in [9.17, 15) is 4.79 Å². The van der Waals surface area contributed by atoms with E-state index in [-0.39, 0.29) is 5.97 Å². The molecule has 0 radical (unpaired) electrons. The molecule has 6 heteroatoms. The van der Waals surface area contributed by atoms with E-state index in [1.165, 1.54) is 11.8 Å². The summed E-state index contributed by atoms with van der Waals surface area (Å²) in [5, 5.41) is 9.04. The van der Waals surface area contributed by atoms with Crippen LogP contribution in [0.15, 0.2) is 46.8 Å². The predicted octanol–water partition coefficient (Wildman–Crippen LogP) is 5.27. The van der Waals surface area contributed by atoms with E-state index in [1.807, 2.05) is 50.5 Å². The van der Waals surface area contributed by atoms with Crippen LogP contribution in [0.3, 0.4) is 0 Å². The number of nitrogens with zero attached hydrogens (tertiary/aromatic N) is 2. The third kappa shape index (κ3) is 3.59. The van der Waals surface area contributed by atoms with Gasteiger partial charge in [0, 0.05) is 10.5 Å². The number of ether oxygens (including phenoxy) is 1. The molecule has 0 amide bonds. The zero-order chi connectivity index (χ0) is 18.7. The minimum atomic E-state index is -0.713. The van der Waals surface area contributed by atoms with Gasteiger partial charge >= 0.3 is 5.97 Å². The Hall–Kier alpha value is -2.36. The van der Waals surface area contributed by atoms with Gasteiger partial charge in [-0.3, -0.25) is 4.79 Å². The molecule has 0 spiro atoms. The van der Waals surface area contributed by atoms with Gasteiger partial charge in [-0.25, -0.2) is 4.98 Å². The Morgan fingerprint density at radius 2 is 2.00 bits per heavy atom. The van der Waals surface area contributed by atoms with Gasteiger partial charge in [0.2, 0.25) is 0 Å². The summed E-state index contributed by atoms with van der Waals surface area (Å²) < 4.78 is 5.58. The van der Waals surface area contributed by atoms with Crippen molar-refractivity contribution in [1.29, 1.82) is 5.26 Å². The van der Waals surface area contributed by atoms with Gasteiger partial charge in [-0.2, -0.15) is 5.26 Å². The number of thiazole rings is 1. The normalized spacial score (nSPS) is 11.3. The van der Waals surface area contributed by atoms with E-state index in [0.717, 1.165) is 26.2 Å². The van der Waals surface area contributed by atoms with Crippen LogP contribution in [0, 0.1) is 11.3 Å². The fourth-order valence-corrected chi connectivity index (χ4v) is 4.68. The lowest BCUT2D eigenvalue weighted by Gasteiger charge is -2.23. The highest BCUT2D eigenvalue weighted by Gasteiger charge is 2.32. The monoisotopic (exact) mass is 382 g/mol. The van der Waals surface area contributed by atoms with Gasteiger partial charge in [-0.15, -0.1) is 23.1 Å². The lowest BCUT2D eigenvalue weighted by molar-refractivity contribution is -0.145. The summed E-state index contributed by atoms with van der Waals surface area (Å²) in [5.74, 6) is -0.236. The van der Waals surface area contributed by atoms with Crippen molar-refractivity contribution in [3.8, 4) is 17.2 Å². The van der Waals surface area contributed by atoms with Crippen LogP contribution < -0.4 is 0 Å². The number of hydrogen-bond acceptors (Lipinski definition) is 6. The third-order valence-electron chi connectivity index (χ3n) is 3.90. The van der Waals surface area contributed by atoms with Crippen LogP contribution in [0.1, 0.15) is 26.3 Å². The molecule has 3 rings (SSSR count). The first-order valence-corrected chi connectivity index (χ1v) is 9.89. The molecule has 0 aliphatic heterocycles. The van der Waals surface area contributed by atoms with E-state index in [2.05, 4.69) is 11.1 Å². The first-order valence-electron chi connectivity index (χ1n) is 8.19. The van der Waals surface area contributed by atoms with Crippen LogP contribution in [0.5, 0.6) is 0 Å². The molecule has 132 valence electrons. The van der Waals surface area contributed by atoms with Gasteiger partial charge in [0.15, 0.2) is 0 Å². The summed E-state index contributed by atoms with van der Waals surface area (Å²) in [6.45, 7) is 5.91. The number of hydrogen-bond donors (Lipinski definition) is 0. The fourth-order valence-electron chi connectivity index (χ4n) is 2.60. The number of carbonyl (C=O) groups excluding carboxylic acids is 1.